The number of esters is 1. The Balaban J connectivity index is 2.07. The predicted molar refractivity (Wildman–Crippen MR) is 94.7 cm³/mol. The monoisotopic (exact) mass is 336 g/mol. The molecule has 0 aliphatic rings. The predicted octanol–water partition coefficient (Wildman–Crippen LogP) is 4.26. The van der Waals surface area contributed by atoms with Crippen molar-refractivity contribution in [1.82, 2.24) is 0 Å². The van der Waals surface area contributed by atoms with Crippen LogP contribution in [-0.4, -0.2) is 30.3 Å². The summed E-state index contributed by atoms with van der Waals surface area (Å²) in [5.74, 6) is -0.351. The van der Waals surface area contributed by atoms with Gasteiger partial charge >= 0.3 is 5.97 Å². The van der Waals surface area contributed by atoms with Gasteiger partial charge in [0.2, 0.25) is 0 Å². The zero-order valence-electron chi connectivity index (χ0n) is 13.6. The Kier molecular flexibility index (Phi) is 9.27. The van der Waals surface area contributed by atoms with Crippen LogP contribution < -0.4 is 0 Å². The van der Waals surface area contributed by atoms with E-state index in [4.69, 9.17) is 9.63 Å². The molecular formula is C18H25O4P. The highest BCUT2D eigenvalue weighted by Crippen LogP contribution is 2.36. The fourth-order valence-electron chi connectivity index (χ4n) is 1.95. The van der Waals surface area contributed by atoms with E-state index in [0.717, 1.165) is 31.2 Å². The molecule has 0 saturated heterocycles. The van der Waals surface area contributed by atoms with E-state index in [2.05, 4.69) is 0 Å². The van der Waals surface area contributed by atoms with Crippen molar-refractivity contribution in [2.24, 2.45) is 0 Å². The molecular weight excluding hydrogens is 311 g/mol. The van der Waals surface area contributed by atoms with E-state index in [0.29, 0.717) is 12.8 Å². The standard InChI is InChI=1S/C18H25O4P/c1-23(20,21)16-10-3-2-9-15-22-18(19)14-8-7-13-17-11-5-4-6-12-17/h4-8,11-14H,2-3,9-10,15-16H2,1H3,(H,20,21)/b13-7+,14-8+. The molecule has 0 radical (unpaired) electrons. The van der Waals surface area contributed by atoms with Crippen LogP contribution in [0.2, 0.25) is 0 Å². The van der Waals surface area contributed by atoms with Gasteiger partial charge in [-0.05, 0) is 18.4 Å². The van der Waals surface area contributed by atoms with Crippen LogP contribution in [0.1, 0.15) is 31.2 Å². The Hall–Kier alpha value is -1.64. The van der Waals surface area contributed by atoms with Crippen molar-refractivity contribution in [3.63, 3.8) is 0 Å². The first-order valence-corrected chi connectivity index (χ1v) is 10.1. The topological polar surface area (TPSA) is 63.6 Å². The molecule has 1 rings (SSSR count). The van der Waals surface area contributed by atoms with E-state index in [9.17, 15) is 9.36 Å². The highest BCUT2D eigenvalue weighted by atomic mass is 31.2. The molecule has 0 heterocycles. The summed E-state index contributed by atoms with van der Waals surface area (Å²) in [5.41, 5.74) is 1.07. The molecule has 4 nitrogen and oxygen atoms in total. The lowest BCUT2D eigenvalue weighted by molar-refractivity contribution is -0.137. The number of rotatable bonds is 10. The largest absolute Gasteiger partial charge is 0.463 e. The van der Waals surface area contributed by atoms with Crippen LogP contribution in [0.3, 0.4) is 0 Å². The highest BCUT2D eigenvalue weighted by Gasteiger charge is 2.07. The zero-order chi connectivity index (χ0) is 17.0. The van der Waals surface area contributed by atoms with Crippen molar-refractivity contribution in [2.75, 3.05) is 19.4 Å². The van der Waals surface area contributed by atoms with E-state index in [-0.39, 0.29) is 5.97 Å². The van der Waals surface area contributed by atoms with Crippen molar-refractivity contribution in [2.45, 2.75) is 25.7 Å². The molecule has 0 aromatic heterocycles. The second-order valence-corrected chi connectivity index (χ2v) is 8.03. The summed E-state index contributed by atoms with van der Waals surface area (Å²) in [6.45, 7) is 1.77. The average Bonchev–Trinajstić information content (AvgIpc) is 2.50. The molecule has 0 spiro atoms. The molecule has 1 atom stereocenters. The van der Waals surface area contributed by atoms with Gasteiger partial charge in [0.25, 0.3) is 0 Å². The molecule has 1 N–H and O–H groups in total. The van der Waals surface area contributed by atoms with Crippen molar-refractivity contribution in [1.29, 1.82) is 0 Å². The number of hydrogen-bond acceptors (Lipinski definition) is 3. The number of allylic oxidation sites excluding steroid dienone is 2. The molecule has 0 bridgehead atoms. The molecule has 0 aliphatic carbocycles. The minimum absolute atomic E-state index is 0.351. The maximum Gasteiger partial charge on any atom is 0.330 e. The molecule has 23 heavy (non-hydrogen) atoms. The third-order valence-corrected chi connectivity index (χ3v) is 4.29. The summed E-state index contributed by atoms with van der Waals surface area (Å²) in [4.78, 5) is 20.6. The van der Waals surface area contributed by atoms with Crippen LogP contribution in [0.15, 0.2) is 48.6 Å². The number of carbonyl (C=O) groups excluding carboxylic acids is 1. The van der Waals surface area contributed by atoms with Gasteiger partial charge in [0.05, 0.1) is 6.61 Å². The molecule has 1 unspecified atom stereocenters. The third-order valence-electron chi connectivity index (χ3n) is 3.14. The molecule has 126 valence electrons. The van der Waals surface area contributed by atoms with Crippen molar-refractivity contribution in [3.05, 3.63) is 54.1 Å². The first-order valence-electron chi connectivity index (χ1n) is 7.83. The normalized spacial score (nSPS) is 14.2. The van der Waals surface area contributed by atoms with Crippen LogP contribution in [0, 0.1) is 0 Å². The number of carbonyl (C=O) groups is 1. The van der Waals surface area contributed by atoms with E-state index in [1.807, 2.05) is 36.4 Å². The molecule has 5 heteroatoms. The van der Waals surface area contributed by atoms with Crippen LogP contribution >= 0.6 is 7.37 Å². The Morgan fingerprint density at radius 3 is 2.52 bits per heavy atom. The minimum atomic E-state index is -2.88. The highest BCUT2D eigenvalue weighted by molar-refractivity contribution is 7.57. The Bertz CT molecular complexity index is 558. The molecule has 1 aromatic rings. The number of hydrogen-bond donors (Lipinski definition) is 1. The molecule has 0 amide bonds. The van der Waals surface area contributed by atoms with Gasteiger partial charge in [0.15, 0.2) is 7.37 Å². The summed E-state index contributed by atoms with van der Waals surface area (Å²) in [7, 11) is -2.88. The van der Waals surface area contributed by atoms with Gasteiger partial charge in [0, 0.05) is 18.9 Å². The SMILES string of the molecule is CP(=O)(O)CCCCCCOC(=O)/C=C/C=C/c1ccccc1. The Morgan fingerprint density at radius 2 is 1.83 bits per heavy atom. The average molecular weight is 336 g/mol. The van der Waals surface area contributed by atoms with Crippen LogP contribution in [0.4, 0.5) is 0 Å². The molecule has 0 fully saturated rings. The third kappa shape index (κ3) is 11.6. The summed E-state index contributed by atoms with van der Waals surface area (Å²) in [5, 5.41) is 0. The van der Waals surface area contributed by atoms with E-state index in [1.165, 1.54) is 12.7 Å². The van der Waals surface area contributed by atoms with Crippen LogP contribution in [0.25, 0.3) is 6.08 Å². The van der Waals surface area contributed by atoms with Gasteiger partial charge in [-0.15, -0.1) is 0 Å². The van der Waals surface area contributed by atoms with Crippen LogP contribution in [0.5, 0.6) is 0 Å². The maximum absolute atomic E-state index is 11.5. The van der Waals surface area contributed by atoms with E-state index in [1.54, 1.807) is 12.2 Å². The fraction of sp³-hybridized carbons (Fsp3) is 0.389. The lowest BCUT2D eigenvalue weighted by Crippen LogP contribution is -2.02. The molecule has 0 aliphatic heterocycles. The van der Waals surface area contributed by atoms with Gasteiger partial charge < -0.3 is 9.63 Å². The quantitative estimate of drug-likeness (QED) is 0.228. The Labute approximate surface area is 138 Å². The fourth-order valence-corrected chi connectivity index (χ4v) is 2.76. The minimum Gasteiger partial charge on any atom is -0.463 e. The van der Waals surface area contributed by atoms with Gasteiger partial charge in [-0.3, -0.25) is 4.57 Å². The first-order chi connectivity index (χ1) is 11.0. The van der Waals surface area contributed by atoms with Crippen LogP contribution in [-0.2, 0) is 14.1 Å². The van der Waals surface area contributed by atoms with E-state index < -0.39 is 7.37 Å². The van der Waals surface area contributed by atoms with Crippen molar-refractivity contribution >= 4 is 19.4 Å². The van der Waals surface area contributed by atoms with Gasteiger partial charge in [0.1, 0.15) is 0 Å². The smallest absolute Gasteiger partial charge is 0.330 e. The number of unbranched alkanes of at least 4 members (excludes halogenated alkanes) is 3. The second-order valence-electron chi connectivity index (χ2n) is 5.49. The van der Waals surface area contributed by atoms with Crippen molar-refractivity contribution in [3.8, 4) is 0 Å². The Morgan fingerprint density at radius 1 is 1.13 bits per heavy atom. The molecule has 0 saturated carbocycles. The lowest BCUT2D eigenvalue weighted by Gasteiger charge is -2.05. The summed E-state index contributed by atoms with van der Waals surface area (Å²) in [6, 6.07) is 9.83. The van der Waals surface area contributed by atoms with Gasteiger partial charge in [-0.25, -0.2) is 4.79 Å². The van der Waals surface area contributed by atoms with Gasteiger partial charge in [-0.1, -0.05) is 61.4 Å². The summed E-state index contributed by atoms with van der Waals surface area (Å²) >= 11 is 0. The maximum atomic E-state index is 11.5. The van der Waals surface area contributed by atoms with Crippen molar-refractivity contribution < 1.29 is 19.0 Å². The lowest BCUT2D eigenvalue weighted by atomic mass is 10.2. The molecule has 1 aromatic carbocycles. The van der Waals surface area contributed by atoms with Gasteiger partial charge in [-0.2, -0.15) is 0 Å². The zero-order valence-corrected chi connectivity index (χ0v) is 14.5. The summed E-state index contributed by atoms with van der Waals surface area (Å²) in [6.07, 6.45) is 10.4. The second kappa shape index (κ2) is 11.0. The number of benzene rings is 1. The summed E-state index contributed by atoms with van der Waals surface area (Å²) < 4.78 is 16.2. The van der Waals surface area contributed by atoms with E-state index >= 15 is 0 Å². The first kappa shape index (κ1) is 19.4. The number of ether oxygens (including phenoxy) is 1.